The Balaban J connectivity index is 1.54. The first-order valence-corrected chi connectivity index (χ1v) is 9.86. The fourth-order valence-electron chi connectivity index (χ4n) is 3.22. The molecule has 4 aromatic rings. The van der Waals surface area contributed by atoms with Crippen molar-refractivity contribution in [3.63, 3.8) is 0 Å². The van der Waals surface area contributed by atoms with Crippen molar-refractivity contribution in [2.75, 3.05) is 7.11 Å². The highest BCUT2D eigenvalue weighted by Crippen LogP contribution is 2.27. The van der Waals surface area contributed by atoms with Gasteiger partial charge in [-0.05, 0) is 41.9 Å². The van der Waals surface area contributed by atoms with Gasteiger partial charge in [-0.1, -0.05) is 23.7 Å². The molecule has 31 heavy (non-hydrogen) atoms. The van der Waals surface area contributed by atoms with E-state index in [0.29, 0.717) is 45.4 Å². The van der Waals surface area contributed by atoms with Crippen LogP contribution in [0.3, 0.4) is 0 Å². The smallest absolute Gasteiger partial charge is 0.311 e. The van der Waals surface area contributed by atoms with E-state index in [9.17, 15) is 9.59 Å². The molecule has 0 bridgehead atoms. The van der Waals surface area contributed by atoms with Crippen LogP contribution >= 0.6 is 11.6 Å². The Morgan fingerprint density at radius 2 is 1.90 bits per heavy atom. The number of aromatic nitrogens is 1. The number of nitrogens with zero attached hydrogens (tertiary/aromatic N) is 1. The molecular weight excluding hydrogens is 422 g/mol. The van der Waals surface area contributed by atoms with E-state index >= 15 is 0 Å². The van der Waals surface area contributed by atoms with Gasteiger partial charge in [-0.25, -0.2) is 0 Å². The van der Waals surface area contributed by atoms with Gasteiger partial charge in [-0.2, -0.15) is 0 Å². The number of halogens is 1. The minimum absolute atomic E-state index is 0.0921. The van der Waals surface area contributed by atoms with Gasteiger partial charge in [-0.15, -0.1) is 0 Å². The van der Waals surface area contributed by atoms with E-state index in [4.69, 9.17) is 30.0 Å². The summed E-state index contributed by atoms with van der Waals surface area (Å²) in [6.07, 6.45) is 0.413. The summed E-state index contributed by atoms with van der Waals surface area (Å²) in [5.41, 5.74) is 1.36. The largest absolute Gasteiger partial charge is 0.479 e. The summed E-state index contributed by atoms with van der Waals surface area (Å²) in [4.78, 5) is 25.2. The third-order valence-corrected chi connectivity index (χ3v) is 4.98. The van der Waals surface area contributed by atoms with Gasteiger partial charge in [-0.3, -0.25) is 9.59 Å². The van der Waals surface area contributed by atoms with Crippen LogP contribution in [0, 0.1) is 6.92 Å². The van der Waals surface area contributed by atoms with Gasteiger partial charge in [0.05, 0.1) is 24.5 Å². The second kappa shape index (κ2) is 8.65. The number of methoxy groups -OCH3 is 1. The minimum Gasteiger partial charge on any atom is -0.479 e. The summed E-state index contributed by atoms with van der Waals surface area (Å²) in [6, 6.07) is 13.3. The molecular formula is C23H18ClNO6. The summed E-state index contributed by atoms with van der Waals surface area (Å²) >= 11 is 5.94. The molecule has 0 radical (unpaired) electrons. The molecule has 0 spiro atoms. The number of carbonyl (C=O) groups excluding carboxylic acids is 1. The number of ether oxygens (including phenoxy) is 2. The van der Waals surface area contributed by atoms with Gasteiger partial charge in [0.25, 0.3) is 5.88 Å². The molecule has 0 atom stereocenters. The molecule has 0 aliphatic heterocycles. The van der Waals surface area contributed by atoms with Gasteiger partial charge in [0.15, 0.2) is 0 Å². The summed E-state index contributed by atoms with van der Waals surface area (Å²) in [6.45, 7) is 1.72. The lowest BCUT2D eigenvalue weighted by Gasteiger charge is -2.09. The molecule has 0 N–H and O–H groups in total. The highest BCUT2D eigenvalue weighted by atomic mass is 35.5. The minimum atomic E-state index is -0.452. The lowest BCUT2D eigenvalue weighted by atomic mass is 10.0. The molecule has 0 fully saturated rings. The lowest BCUT2D eigenvalue weighted by molar-refractivity contribution is -0.134. The van der Waals surface area contributed by atoms with Crippen molar-refractivity contribution < 1.29 is 23.2 Å². The molecule has 0 unspecified atom stereocenters. The lowest BCUT2D eigenvalue weighted by Crippen LogP contribution is -2.10. The molecule has 0 saturated heterocycles. The zero-order valence-corrected chi connectivity index (χ0v) is 17.6. The van der Waals surface area contributed by atoms with E-state index in [2.05, 4.69) is 5.16 Å². The van der Waals surface area contributed by atoms with Crippen molar-refractivity contribution in [2.24, 2.45) is 0 Å². The quantitative estimate of drug-likeness (QED) is 0.310. The van der Waals surface area contributed by atoms with Crippen LogP contribution in [-0.4, -0.2) is 18.2 Å². The molecule has 2 aromatic heterocycles. The Labute approximate surface area is 182 Å². The van der Waals surface area contributed by atoms with E-state index in [1.165, 1.54) is 13.2 Å². The van der Waals surface area contributed by atoms with Crippen LogP contribution in [0.25, 0.3) is 22.1 Å². The molecule has 0 aliphatic carbocycles. The average Bonchev–Trinajstić information content (AvgIpc) is 3.21. The third kappa shape index (κ3) is 4.46. The Morgan fingerprint density at radius 3 is 2.61 bits per heavy atom. The molecule has 0 saturated carbocycles. The second-order valence-electron chi connectivity index (χ2n) is 6.84. The van der Waals surface area contributed by atoms with Crippen LogP contribution in [0.4, 0.5) is 0 Å². The predicted molar refractivity (Wildman–Crippen MR) is 115 cm³/mol. The maximum atomic E-state index is 13.0. The number of hydrogen-bond acceptors (Lipinski definition) is 7. The fraction of sp³-hybridized carbons (Fsp3) is 0.174. The van der Waals surface area contributed by atoms with Crippen LogP contribution < -0.4 is 14.9 Å². The number of esters is 1. The van der Waals surface area contributed by atoms with Gasteiger partial charge < -0.3 is 18.4 Å². The average molecular weight is 440 g/mol. The molecule has 158 valence electrons. The van der Waals surface area contributed by atoms with Crippen molar-refractivity contribution >= 4 is 28.5 Å². The fourth-order valence-corrected chi connectivity index (χ4v) is 3.34. The molecule has 4 rings (SSSR count). The topological polar surface area (TPSA) is 91.8 Å². The molecule has 2 aromatic carbocycles. The Bertz CT molecular complexity index is 1310. The van der Waals surface area contributed by atoms with Gasteiger partial charge in [0.2, 0.25) is 5.43 Å². The van der Waals surface area contributed by atoms with Gasteiger partial charge in [0.1, 0.15) is 22.9 Å². The number of carbonyl (C=O) groups is 1. The normalized spacial score (nSPS) is 10.9. The molecule has 8 heteroatoms. The molecule has 0 amide bonds. The number of hydrogen-bond donors (Lipinski definition) is 0. The summed E-state index contributed by atoms with van der Waals surface area (Å²) < 4.78 is 21.2. The first kappa shape index (κ1) is 20.7. The molecule has 0 aliphatic rings. The SMILES string of the molecule is COc1cc(CCC(=O)Oc2ccc3c(=O)c(-c4ccc(Cl)cc4)c(C)oc3c2)on1. The monoisotopic (exact) mass is 439 g/mol. The van der Waals surface area contributed by atoms with Crippen molar-refractivity contribution in [1.82, 2.24) is 5.16 Å². The third-order valence-electron chi connectivity index (χ3n) is 4.73. The maximum Gasteiger partial charge on any atom is 0.311 e. The van der Waals surface area contributed by atoms with E-state index in [1.54, 1.807) is 49.4 Å². The van der Waals surface area contributed by atoms with E-state index in [1.807, 2.05) is 0 Å². The Morgan fingerprint density at radius 1 is 1.13 bits per heavy atom. The number of aryl methyl sites for hydroxylation is 2. The Kier molecular flexibility index (Phi) is 5.77. The summed E-state index contributed by atoms with van der Waals surface area (Å²) in [5, 5.41) is 4.66. The van der Waals surface area contributed by atoms with Gasteiger partial charge >= 0.3 is 5.97 Å². The van der Waals surface area contributed by atoms with Crippen molar-refractivity contribution in [1.29, 1.82) is 0 Å². The van der Waals surface area contributed by atoms with E-state index in [-0.39, 0.29) is 17.6 Å². The Hall–Kier alpha value is -3.58. The van der Waals surface area contributed by atoms with E-state index in [0.717, 1.165) is 5.56 Å². The second-order valence-corrected chi connectivity index (χ2v) is 7.27. The zero-order valence-electron chi connectivity index (χ0n) is 16.8. The molecule has 7 nitrogen and oxygen atoms in total. The predicted octanol–water partition coefficient (Wildman–Crippen LogP) is 4.96. The van der Waals surface area contributed by atoms with Crippen LogP contribution in [-0.2, 0) is 11.2 Å². The van der Waals surface area contributed by atoms with E-state index < -0.39 is 5.97 Å². The first-order valence-electron chi connectivity index (χ1n) is 9.48. The van der Waals surface area contributed by atoms with Crippen molar-refractivity contribution in [3.05, 3.63) is 75.3 Å². The van der Waals surface area contributed by atoms with Crippen LogP contribution in [0.5, 0.6) is 11.6 Å². The maximum absolute atomic E-state index is 13.0. The first-order chi connectivity index (χ1) is 14.9. The number of rotatable bonds is 6. The van der Waals surface area contributed by atoms with Crippen molar-refractivity contribution in [3.8, 4) is 22.8 Å². The highest BCUT2D eigenvalue weighted by molar-refractivity contribution is 6.30. The van der Waals surface area contributed by atoms with Gasteiger partial charge in [0, 0.05) is 23.6 Å². The highest BCUT2D eigenvalue weighted by Gasteiger charge is 2.15. The number of fused-ring (bicyclic) bond motifs is 1. The van der Waals surface area contributed by atoms with Crippen LogP contribution in [0.2, 0.25) is 5.02 Å². The number of benzene rings is 2. The summed E-state index contributed by atoms with van der Waals surface area (Å²) in [5.74, 6) is 1.16. The zero-order chi connectivity index (χ0) is 22.0. The van der Waals surface area contributed by atoms with Crippen LogP contribution in [0.15, 0.2) is 62.3 Å². The summed E-state index contributed by atoms with van der Waals surface area (Å²) in [7, 11) is 1.48. The van der Waals surface area contributed by atoms with Crippen LogP contribution in [0.1, 0.15) is 17.9 Å². The molecule has 2 heterocycles. The van der Waals surface area contributed by atoms with Crippen molar-refractivity contribution in [2.45, 2.75) is 19.8 Å². The standard InChI is InChI=1S/C23H18ClNO6/c1-13-22(14-3-5-15(24)6-4-14)23(27)18-9-7-16(11-19(18)29-13)30-21(26)10-8-17-12-20(28-2)25-31-17/h3-7,9,11-12H,8,10H2,1-2H3.